The number of benzene rings is 2. The van der Waals surface area contributed by atoms with Crippen LogP contribution in [0.5, 0.6) is 0 Å². The second-order valence-electron chi connectivity index (χ2n) is 4.97. The van der Waals surface area contributed by atoms with Crippen molar-refractivity contribution in [1.29, 1.82) is 0 Å². The first kappa shape index (κ1) is 15.5. The van der Waals surface area contributed by atoms with Crippen LogP contribution in [0.1, 0.15) is 23.6 Å². The summed E-state index contributed by atoms with van der Waals surface area (Å²) in [4.78, 5) is 1.31. The highest BCUT2D eigenvalue weighted by Gasteiger charge is 2.20. The highest BCUT2D eigenvalue weighted by Crippen LogP contribution is 2.38. The molecular formula is C16H14Cl3NS. The Morgan fingerprint density at radius 2 is 2.00 bits per heavy atom. The van der Waals surface area contributed by atoms with Gasteiger partial charge in [0.05, 0.1) is 10.0 Å². The second kappa shape index (κ2) is 6.80. The molecular weight excluding hydrogens is 345 g/mol. The van der Waals surface area contributed by atoms with Crippen molar-refractivity contribution in [2.75, 3.05) is 5.75 Å². The number of hydrogen-bond donors (Lipinski definition) is 1. The molecule has 0 aromatic heterocycles. The van der Waals surface area contributed by atoms with E-state index in [1.165, 1.54) is 10.5 Å². The Hall–Kier alpha value is -0.380. The first-order valence-electron chi connectivity index (χ1n) is 6.73. The number of thioether (sulfide) groups is 1. The molecule has 1 aliphatic rings. The normalized spacial score (nSPS) is 17.6. The Kier molecular flexibility index (Phi) is 5.03. The Balaban J connectivity index is 1.78. The van der Waals surface area contributed by atoms with Crippen molar-refractivity contribution < 1.29 is 0 Å². The molecule has 2 aromatic carbocycles. The topological polar surface area (TPSA) is 12.0 Å². The first-order chi connectivity index (χ1) is 10.1. The van der Waals surface area contributed by atoms with Crippen LogP contribution >= 0.6 is 46.6 Å². The summed E-state index contributed by atoms with van der Waals surface area (Å²) in [5.74, 6) is 1.11. The van der Waals surface area contributed by atoms with Gasteiger partial charge in [-0.15, -0.1) is 11.8 Å². The van der Waals surface area contributed by atoms with E-state index in [2.05, 4.69) is 17.4 Å². The van der Waals surface area contributed by atoms with Crippen LogP contribution in [-0.4, -0.2) is 5.75 Å². The zero-order valence-corrected chi connectivity index (χ0v) is 14.3. The third kappa shape index (κ3) is 3.52. The Labute approximate surface area is 144 Å². The molecule has 0 fully saturated rings. The summed E-state index contributed by atoms with van der Waals surface area (Å²) < 4.78 is 0. The van der Waals surface area contributed by atoms with Gasteiger partial charge in [0.15, 0.2) is 0 Å². The SMILES string of the molecule is Clc1ccc2c(c1)C(NCc1cccc(Cl)c1Cl)CCS2. The monoisotopic (exact) mass is 357 g/mol. The van der Waals surface area contributed by atoms with E-state index in [1.54, 1.807) is 6.07 Å². The fourth-order valence-electron chi connectivity index (χ4n) is 2.50. The maximum atomic E-state index is 6.24. The number of halogens is 3. The molecule has 0 bridgehead atoms. The molecule has 1 aliphatic heterocycles. The van der Waals surface area contributed by atoms with Crippen molar-refractivity contribution in [3.8, 4) is 0 Å². The number of hydrogen-bond acceptors (Lipinski definition) is 2. The fraction of sp³-hybridized carbons (Fsp3) is 0.250. The highest BCUT2D eigenvalue weighted by atomic mass is 35.5. The van der Waals surface area contributed by atoms with Crippen molar-refractivity contribution in [2.24, 2.45) is 0 Å². The van der Waals surface area contributed by atoms with Gasteiger partial charge in [-0.3, -0.25) is 0 Å². The lowest BCUT2D eigenvalue weighted by Crippen LogP contribution is -2.24. The van der Waals surface area contributed by atoms with Crippen molar-refractivity contribution in [1.82, 2.24) is 5.32 Å². The largest absolute Gasteiger partial charge is 0.306 e. The van der Waals surface area contributed by atoms with Crippen LogP contribution in [-0.2, 0) is 6.54 Å². The molecule has 1 nitrogen and oxygen atoms in total. The molecule has 1 heterocycles. The van der Waals surface area contributed by atoms with Crippen LogP contribution < -0.4 is 5.32 Å². The molecule has 1 unspecified atom stereocenters. The first-order valence-corrected chi connectivity index (χ1v) is 8.85. The lowest BCUT2D eigenvalue weighted by Gasteiger charge is -2.26. The standard InChI is InChI=1S/C16H14Cl3NS/c17-11-4-5-15-12(8-11)14(6-7-21-15)20-9-10-2-1-3-13(18)16(10)19/h1-5,8,14,20H,6-7,9H2. The highest BCUT2D eigenvalue weighted by molar-refractivity contribution is 7.99. The molecule has 1 N–H and O–H groups in total. The van der Waals surface area contributed by atoms with Crippen LogP contribution in [0.3, 0.4) is 0 Å². The Morgan fingerprint density at radius 1 is 1.14 bits per heavy atom. The minimum absolute atomic E-state index is 0.301. The third-order valence-corrected chi connectivity index (χ3v) is 5.80. The van der Waals surface area contributed by atoms with Crippen LogP contribution in [0.2, 0.25) is 15.1 Å². The maximum absolute atomic E-state index is 6.24. The summed E-state index contributed by atoms with van der Waals surface area (Å²) in [6, 6.07) is 12.1. The van der Waals surface area contributed by atoms with Crippen molar-refractivity contribution in [2.45, 2.75) is 23.9 Å². The lowest BCUT2D eigenvalue weighted by molar-refractivity contribution is 0.510. The second-order valence-corrected chi connectivity index (χ2v) is 7.32. The van der Waals surface area contributed by atoms with Crippen LogP contribution in [0.15, 0.2) is 41.3 Å². The minimum atomic E-state index is 0.301. The minimum Gasteiger partial charge on any atom is -0.306 e. The van der Waals surface area contributed by atoms with Crippen LogP contribution in [0, 0.1) is 0 Å². The van der Waals surface area contributed by atoms with Gasteiger partial charge < -0.3 is 5.32 Å². The molecule has 3 rings (SSSR count). The van der Waals surface area contributed by atoms with Gasteiger partial charge in [-0.1, -0.05) is 46.9 Å². The molecule has 0 amide bonds. The molecule has 2 aromatic rings. The predicted molar refractivity (Wildman–Crippen MR) is 92.8 cm³/mol. The van der Waals surface area contributed by atoms with E-state index < -0.39 is 0 Å². The molecule has 21 heavy (non-hydrogen) atoms. The molecule has 5 heteroatoms. The van der Waals surface area contributed by atoms with E-state index in [1.807, 2.05) is 30.0 Å². The molecule has 1 atom stereocenters. The molecule has 0 saturated heterocycles. The number of rotatable bonds is 3. The zero-order chi connectivity index (χ0) is 14.8. The summed E-state index contributed by atoms with van der Waals surface area (Å²) >= 11 is 20.3. The fourth-order valence-corrected chi connectivity index (χ4v) is 4.17. The summed E-state index contributed by atoms with van der Waals surface area (Å²) in [5.41, 5.74) is 2.29. The van der Waals surface area contributed by atoms with Gasteiger partial charge in [-0.05, 0) is 47.6 Å². The van der Waals surface area contributed by atoms with Crippen LogP contribution in [0.4, 0.5) is 0 Å². The summed E-state index contributed by atoms with van der Waals surface area (Å²) in [6.07, 6.45) is 1.08. The molecule has 0 radical (unpaired) electrons. The average molecular weight is 359 g/mol. The van der Waals surface area contributed by atoms with Crippen LogP contribution in [0.25, 0.3) is 0 Å². The quantitative estimate of drug-likeness (QED) is 0.725. The van der Waals surface area contributed by atoms with Gasteiger partial charge in [0.25, 0.3) is 0 Å². The predicted octanol–water partition coefficient (Wildman–Crippen LogP) is 5.97. The van der Waals surface area contributed by atoms with E-state index in [4.69, 9.17) is 34.8 Å². The molecule has 0 saturated carbocycles. The van der Waals surface area contributed by atoms with Gasteiger partial charge in [0, 0.05) is 22.5 Å². The summed E-state index contributed by atoms with van der Waals surface area (Å²) in [6.45, 7) is 0.695. The van der Waals surface area contributed by atoms with E-state index in [0.717, 1.165) is 22.8 Å². The summed E-state index contributed by atoms with van der Waals surface area (Å²) in [7, 11) is 0. The van der Waals surface area contributed by atoms with Gasteiger partial charge in [0.1, 0.15) is 0 Å². The summed E-state index contributed by atoms with van der Waals surface area (Å²) in [5, 5.41) is 5.58. The third-order valence-electron chi connectivity index (χ3n) is 3.58. The number of nitrogens with one attached hydrogen (secondary N) is 1. The van der Waals surface area contributed by atoms with Gasteiger partial charge in [-0.25, -0.2) is 0 Å². The average Bonchev–Trinajstić information content (AvgIpc) is 2.49. The lowest BCUT2D eigenvalue weighted by atomic mass is 10.0. The smallest absolute Gasteiger partial charge is 0.0637 e. The molecule has 110 valence electrons. The number of fused-ring (bicyclic) bond motifs is 1. The van der Waals surface area contributed by atoms with Crippen molar-refractivity contribution >= 4 is 46.6 Å². The van der Waals surface area contributed by atoms with Crippen molar-refractivity contribution in [3.63, 3.8) is 0 Å². The van der Waals surface area contributed by atoms with E-state index in [0.29, 0.717) is 22.6 Å². The van der Waals surface area contributed by atoms with Gasteiger partial charge in [-0.2, -0.15) is 0 Å². The zero-order valence-electron chi connectivity index (χ0n) is 11.2. The van der Waals surface area contributed by atoms with E-state index >= 15 is 0 Å². The van der Waals surface area contributed by atoms with E-state index in [-0.39, 0.29) is 0 Å². The van der Waals surface area contributed by atoms with E-state index in [9.17, 15) is 0 Å². The maximum Gasteiger partial charge on any atom is 0.0637 e. The molecule has 0 aliphatic carbocycles. The van der Waals surface area contributed by atoms with Crippen molar-refractivity contribution in [3.05, 3.63) is 62.6 Å². The Morgan fingerprint density at radius 3 is 2.86 bits per heavy atom. The molecule has 0 spiro atoms. The van der Waals surface area contributed by atoms with Gasteiger partial charge >= 0.3 is 0 Å². The Bertz CT molecular complexity index is 660. The van der Waals surface area contributed by atoms with Gasteiger partial charge in [0.2, 0.25) is 0 Å².